The number of carboxylic acid groups (broad SMARTS) is 1. The molecule has 1 aliphatic carbocycles. The van der Waals surface area contributed by atoms with Gasteiger partial charge in [-0.15, -0.1) is 0 Å². The molecule has 0 atom stereocenters. The average molecular weight is 206 g/mol. The van der Waals surface area contributed by atoms with Crippen LogP contribution in [0.5, 0.6) is 0 Å². The van der Waals surface area contributed by atoms with E-state index < -0.39 is 0 Å². The second-order valence-electron chi connectivity index (χ2n) is 2.13. The van der Waals surface area contributed by atoms with Crippen LogP contribution in [0.2, 0.25) is 0 Å². The van der Waals surface area contributed by atoms with Gasteiger partial charge in [0.25, 0.3) is 6.47 Å². The maximum absolute atomic E-state index is 10.1. The third-order valence-electron chi connectivity index (χ3n) is 1.31. The van der Waals surface area contributed by atoms with E-state index in [9.17, 15) is 10.1 Å². The summed E-state index contributed by atoms with van der Waals surface area (Å²) < 4.78 is 0. The van der Waals surface area contributed by atoms with Gasteiger partial charge in [0.2, 0.25) is 5.70 Å². The highest BCUT2D eigenvalue weighted by atomic mass is 35.5. The molecule has 0 saturated carbocycles. The number of allylic oxidation sites excluding steroid dienone is 4. The topological polar surface area (TPSA) is 80.4 Å². The minimum atomic E-state index is -0.375. The predicted octanol–water partition coefficient (Wildman–Crippen LogP) is 1.76. The average Bonchev–Trinajstić information content (AvgIpc) is 2.06. The zero-order chi connectivity index (χ0) is 10.3. The van der Waals surface area contributed by atoms with E-state index in [1.165, 1.54) is 6.08 Å². The second kappa shape index (κ2) is 6.19. The van der Waals surface area contributed by atoms with Crippen molar-refractivity contribution in [2.45, 2.75) is 12.8 Å². The van der Waals surface area contributed by atoms with Crippen LogP contribution >= 0.6 is 11.6 Å². The van der Waals surface area contributed by atoms with Gasteiger partial charge >= 0.3 is 0 Å². The molecule has 0 fully saturated rings. The van der Waals surface area contributed by atoms with E-state index in [0.717, 1.165) is 0 Å². The summed E-state index contributed by atoms with van der Waals surface area (Å²) in [4.78, 5) is 18.1. The molecule has 0 heterocycles. The van der Waals surface area contributed by atoms with Crippen molar-refractivity contribution in [3.63, 3.8) is 0 Å². The number of carbonyl (C=O) groups is 1. The van der Waals surface area contributed by atoms with Gasteiger partial charge in [0.05, 0.1) is 4.92 Å². The molecule has 1 aliphatic rings. The first-order valence-corrected chi connectivity index (χ1v) is 3.77. The first kappa shape index (κ1) is 11.6. The minimum absolute atomic E-state index is 0.240. The molecule has 0 bridgehead atoms. The molecular formula is C7H8ClNO4. The highest BCUT2D eigenvalue weighted by Crippen LogP contribution is 2.20. The van der Waals surface area contributed by atoms with Crippen LogP contribution in [-0.2, 0) is 4.79 Å². The van der Waals surface area contributed by atoms with Gasteiger partial charge in [0, 0.05) is 17.5 Å². The molecule has 0 unspecified atom stereocenters. The standard InChI is InChI=1S/C6H6ClNO2.CH2O2/c7-5-1-3-6(4-2-5)8(9)10;2-1-3/h1,3H,2,4H2;1H,(H,2,3). The van der Waals surface area contributed by atoms with Crippen molar-refractivity contribution >= 4 is 18.1 Å². The van der Waals surface area contributed by atoms with Crippen LogP contribution in [0, 0.1) is 10.1 Å². The van der Waals surface area contributed by atoms with E-state index in [1.807, 2.05) is 0 Å². The normalized spacial score (nSPS) is 14.5. The molecule has 5 nitrogen and oxygen atoms in total. The van der Waals surface area contributed by atoms with Gasteiger partial charge in [-0.05, 0) is 12.5 Å². The van der Waals surface area contributed by atoms with Gasteiger partial charge in [-0.1, -0.05) is 11.6 Å². The molecule has 13 heavy (non-hydrogen) atoms. The fourth-order valence-corrected chi connectivity index (χ4v) is 0.910. The van der Waals surface area contributed by atoms with E-state index in [-0.39, 0.29) is 17.1 Å². The minimum Gasteiger partial charge on any atom is -0.483 e. The molecule has 0 saturated heterocycles. The molecule has 0 aromatic rings. The Labute approximate surface area is 79.5 Å². The first-order valence-electron chi connectivity index (χ1n) is 3.39. The molecule has 6 heteroatoms. The largest absolute Gasteiger partial charge is 0.483 e. The Hall–Kier alpha value is -1.36. The van der Waals surface area contributed by atoms with Gasteiger partial charge in [0.1, 0.15) is 0 Å². The number of nitro groups is 1. The lowest BCUT2D eigenvalue weighted by atomic mass is 10.1. The smallest absolute Gasteiger partial charge is 0.290 e. The molecule has 72 valence electrons. The van der Waals surface area contributed by atoms with Gasteiger partial charge in [0.15, 0.2) is 0 Å². The lowest BCUT2D eigenvalue weighted by Crippen LogP contribution is -2.00. The Morgan fingerprint density at radius 3 is 2.38 bits per heavy atom. The first-order chi connectivity index (χ1) is 6.11. The van der Waals surface area contributed by atoms with Crippen molar-refractivity contribution < 1.29 is 14.8 Å². The number of hydrogen-bond donors (Lipinski definition) is 1. The Balaban J connectivity index is 0.000000424. The Morgan fingerprint density at radius 1 is 1.54 bits per heavy atom. The van der Waals surface area contributed by atoms with Gasteiger partial charge in [-0.3, -0.25) is 14.9 Å². The molecular weight excluding hydrogens is 198 g/mol. The highest BCUT2D eigenvalue weighted by Gasteiger charge is 2.13. The molecule has 0 radical (unpaired) electrons. The van der Waals surface area contributed by atoms with Crippen LogP contribution in [-0.4, -0.2) is 16.5 Å². The number of rotatable bonds is 1. The van der Waals surface area contributed by atoms with E-state index >= 15 is 0 Å². The van der Waals surface area contributed by atoms with Gasteiger partial charge in [-0.2, -0.15) is 0 Å². The quantitative estimate of drug-likeness (QED) is 0.402. The Morgan fingerprint density at radius 2 is 2.08 bits per heavy atom. The molecule has 0 aromatic carbocycles. The molecule has 0 aromatic heterocycles. The number of halogens is 1. The second-order valence-corrected chi connectivity index (χ2v) is 2.62. The zero-order valence-corrected chi connectivity index (χ0v) is 7.40. The summed E-state index contributed by atoms with van der Waals surface area (Å²) in [5.41, 5.74) is 0.240. The fourth-order valence-electron chi connectivity index (χ4n) is 0.753. The molecule has 0 amide bonds. The lowest BCUT2D eigenvalue weighted by molar-refractivity contribution is -0.428. The van der Waals surface area contributed by atoms with Crippen molar-refractivity contribution in [2.24, 2.45) is 0 Å². The van der Waals surface area contributed by atoms with Crippen molar-refractivity contribution in [1.29, 1.82) is 0 Å². The molecule has 1 rings (SSSR count). The third-order valence-corrected chi connectivity index (χ3v) is 1.63. The van der Waals surface area contributed by atoms with Gasteiger partial charge < -0.3 is 5.11 Å². The Bertz CT molecular complexity index is 259. The van der Waals surface area contributed by atoms with Crippen LogP contribution in [0.4, 0.5) is 0 Å². The van der Waals surface area contributed by atoms with Crippen molar-refractivity contribution in [3.05, 3.63) is 33.0 Å². The summed E-state index contributed by atoms with van der Waals surface area (Å²) in [6.45, 7) is -0.250. The monoisotopic (exact) mass is 205 g/mol. The number of nitrogens with zero attached hydrogens (tertiary/aromatic N) is 1. The SMILES string of the molecule is O=CO.O=[N+]([O-])C1=CC=C(Cl)CC1. The van der Waals surface area contributed by atoms with Crippen LogP contribution in [0.25, 0.3) is 0 Å². The summed E-state index contributed by atoms with van der Waals surface area (Å²) >= 11 is 5.58. The van der Waals surface area contributed by atoms with Crippen LogP contribution < -0.4 is 0 Å². The molecule has 0 spiro atoms. The van der Waals surface area contributed by atoms with E-state index in [1.54, 1.807) is 6.08 Å². The van der Waals surface area contributed by atoms with Gasteiger partial charge in [-0.25, -0.2) is 0 Å². The summed E-state index contributed by atoms with van der Waals surface area (Å²) in [5.74, 6) is 0. The van der Waals surface area contributed by atoms with Crippen molar-refractivity contribution in [2.75, 3.05) is 0 Å². The maximum Gasteiger partial charge on any atom is 0.290 e. The lowest BCUT2D eigenvalue weighted by Gasteiger charge is -2.01. The van der Waals surface area contributed by atoms with Crippen LogP contribution in [0.15, 0.2) is 22.9 Å². The van der Waals surface area contributed by atoms with Crippen molar-refractivity contribution in [1.82, 2.24) is 0 Å². The summed E-state index contributed by atoms with van der Waals surface area (Å²) in [6, 6.07) is 0. The number of hydrogen-bond acceptors (Lipinski definition) is 3. The van der Waals surface area contributed by atoms with Crippen LogP contribution in [0.1, 0.15) is 12.8 Å². The molecule has 0 aliphatic heterocycles. The zero-order valence-electron chi connectivity index (χ0n) is 6.64. The summed E-state index contributed by atoms with van der Waals surface area (Å²) in [7, 11) is 0. The third kappa shape index (κ3) is 4.97. The maximum atomic E-state index is 10.1. The fraction of sp³-hybridized carbons (Fsp3) is 0.286. The van der Waals surface area contributed by atoms with Crippen molar-refractivity contribution in [3.8, 4) is 0 Å². The molecule has 1 N–H and O–H groups in total. The Kier molecular flexibility index (Phi) is 5.54. The van der Waals surface area contributed by atoms with E-state index in [2.05, 4.69) is 0 Å². The summed E-state index contributed by atoms with van der Waals surface area (Å²) in [6.07, 6.45) is 4.06. The highest BCUT2D eigenvalue weighted by molar-refractivity contribution is 6.29. The predicted molar refractivity (Wildman–Crippen MR) is 46.9 cm³/mol. The summed E-state index contributed by atoms with van der Waals surface area (Å²) in [5, 5.41) is 17.7. The van der Waals surface area contributed by atoms with Crippen LogP contribution in [0.3, 0.4) is 0 Å². The van der Waals surface area contributed by atoms with E-state index in [0.29, 0.717) is 17.9 Å². The van der Waals surface area contributed by atoms with E-state index in [4.69, 9.17) is 21.5 Å².